The van der Waals surface area contributed by atoms with Crippen molar-refractivity contribution < 1.29 is 0 Å². The monoisotopic (exact) mass is 219 g/mol. The van der Waals surface area contributed by atoms with E-state index in [1.807, 2.05) is 0 Å². The SMILES string of the molecule is CC(C)(CCCl)CNc1ncns1. The normalized spacial score (nSPS) is 11.6. The number of anilines is 1. The van der Waals surface area contributed by atoms with Crippen LogP contribution in [-0.4, -0.2) is 21.8 Å². The molecule has 5 heteroatoms. The van der Waals surface area contributed by atoms with Crippen LogP contribution >= 0.6 is 23.1 Å². The lowest BCUT2D eigenvalue weighted by atomic mass is 9.90. The van der Waals surface area contributed by atoms with Crippen molar-refractivity contribution in [2.24, 2.45) is 5.41 Å². The molecule has 74 valence electrons. The molecule has 0 fully saturated rings. The average molecular weight is 220 g/mol. The molecule has 1 rings (SSSR count). The average Bonchev–Trinajstić information content (AvgIpc) is 2.52. The molecule has 0 aliphatic rings. The Bertz CT molecular complexity index is 236. The van der Waals surface area contributed by atoms with Crippen LogP contribution < -0.4 is 5.32 Å². The Labute approximate surface area is 87.7 Å². The second kappa shape index (κ2) is 4.77. The second-order valence-electron chi connectivity index (χ2n) is 3.70. The van der Waals surface area contributed by atoms with Crippen LogP contribution in [0.5, 0.6) is 0 Å². The molecule has 0 aliphatic carbocycles. The van der Waals surface area contributed by atoms with Crippen LogP contribution in [0.2, 0.25) is 0 Å². The quantitative estimate of drug-likeness (QED) is 0.774. The standard InChI is InChI=1S/C8H14ClN3S/c1-8(2,3-4-9)5-10-7-11-6-12-13-7/h6H,3-5H2,1-2H3,(H,10,11,12). The Morgan fingerprint density at radius 3 is 2.92 bits per heavy atom. The van der Waals surface area contributed by atoms with Crippen LogP contribution in [0.3, 0.4) is 0 Å². The van der Waals surface area contributed by atoms with Crippen molar-refractivity contribution in [1.29, 1.82) is 0 Å². The molecule has 1 aromatic heterocycles. The molecule has 1 aromatic rings. The zero-order valence-electron chi connectivity index (χ0n) is 7.88. The summed E-state index contributed by atoms with van der Waals surface area (Å²) in [6, 6.07) is 0. The molecular formula is C8H14ClN3S. The van der Waals surface area contributed by atoms with E-state index < -0.39 is 0 Å². The molecule has 3 nitrogen and oxygen atoms in total. The van der Waals surface area contributed by atoms with Crippen LogP contribution in [-0.2, 0) is 0 Å². The molecule has 0 bridgehead atoms. The van der Waals surface area contributed by atoms with Crippen molar-refractivity contribution in [2.45, 2.75) is 20.3 Å². The highest BCUT2D eigenvalue weighted by molar-refractivity contribution is 7.09. The predicted molar refractivity (Wildman–Crippen MR) is 57.5 cm³/mol. The molecule has 0 atom stereocenters. The Balaban J connectivity index is 2.33. The van der Waals surface area contributed by atoms with Crippen LogP contribution in [0.25, 0.3) is 0 Å². The summed E-state index contributed by atoms with van der Waals surface area (Å²) in [5.74, 6) is 0.699. The van der Waals surface area contributed by atoms with Crippen LogP contribution in [0.4, 0.5) is 5.13 Å². The lowest BCUT2D eigenvalue weighted by Gasteiger charge is -2.23. The first-order valence-electron chi connectivity index (χ1n) is 4.20. The maximum atomic E-state index is 5.69. The molecule has 0 spiro atoms. The molecule has 0 amide bonds. The maximum absolute atomic E-state index is 5.69. The number of rotatable bonds is 5. The molecule has 13 heavy (non-hydrogen) atoms. The van der Waals surface area contributed by atoms with Gasteiger partial charge in [0.15, 0.2) is 0 Å². The summed E-state index contributed by atoms with van der Waals surface area (Å²) in [6.45, 7) is 5.25. The summed E-state index contributed by atoms with van der Waals surface area (Å²) in [4.78, 5) is 4.04. The fourth-order valence-corrected chi connectivity index (χ4v) is 1.85. The summed E-state index contributed by atoms with van der Waals surface area (Å²) >= 11 is 7.07. The van der Waals surface area contributed by atoms with Crippen molar-refractivity contribution in [2.75, 3.05) is 17.7 Å². The highest BCUT2D eigenvalue weighted by Gasteiger charge is 2.16. The molecule has 0 unspecified atom stereocenters. The van der Waals surface area contributed by atoms with Gasteiger partial charge in [-0.05, 0) is 11.8 Å². The molecule has 1 heterocycles. The summed E-state index contributed by atoms with van der Waals surface area (Å²) < 4.78 is 3.91. The van der Waals surface area contributed by atoms with Crippen molar-refractivity contribution in [3.63, 3.8) is 0 Å². The Morgan fingerprint density at radius 1 is 1.62 bits per heavy atom. The zero-order valence-corrected chi connectivity index (χ0v) is 9.45. The molecule has 0 radical (unpaired) electrons. The summed E-state index contributed by atoms with van der Waals surface area (Å²) in [6.07, 6.45) is 2.56. The van der Waals surface area contributed by atoms with Gasteiger partial charge in [-0.15, -0.1) is 11.6 Å². The van der Waals surface area contributed by atoms with E-state index in [1.165, 1.54) is 11.5 Å². The molecule has 0 saturated carbocycles. The van der Waals surface area contributed by atoms with E-state index in [-0.39, 0.29) is 5.41 Å². The molecular weight excluding hydrogens is 206 g/mol. The number of hydrogen-bond donors (Lipinski definition) is 1. The smallest absolute Gasteiger partial charge is 0.202 e. The Hall–Kier alpha value is -0.350. The highest BCUT2D eigenvalue weighted by Crippen LogP contribution is 2.21. The van der Waals surface area contributed by atoms with E-state index in [2.05, 4.69) is 28.5 Å². The largest absolute Gasteiger partial charge is 0.360 e. The van der Waals surface area contributed by atoms with Gasteiger partial charge in [-0.3, -0.25) is 0 Å². The molecule has 0 aliphatic heterocycles. The lowest BCUT2D eigenvalue weighted by Crippen LogP contribution is -2.23. The summed E-state index contributed by atoms with van der Waals surface area (Å²) in [5.41, 5.74) is 0.216. The van der Waals surface area contributed by atoms with Crippen molar-refractivity contribution in [1.82, 2.24) is 9.36 Å². The van der Waals surface area contributed by atoms with Gasteiger partial charge in [-0.25, -0.2) is 4.98 Å². The molecule has 0 saturated heterocycles. The minimum absolute atomic E-state index is 0.216. The van der Waals surface area contributed by atoms with Gasteiger partial charge in [0.1, 0.15) is 6.33 Å². The van der Waals surface area contributed by atoms with Gasteiger partial charge in [-0.2, -0.15) is 4.37 Å². The predicted octanol–water partition coefficient (Wildman–Crippen LogP) is 2.61. The molecule has 1 N–H and O–H groups in total. The van der Waals surface area contributed by atoms with E-state index in [1.54, 1.807) is 6.33 Å². The van der Waals surface area contributed by atoms with E-state index >= 15 is 0 Å². The van der Waals surface area contributed by atoms with Crippen LogP contribution in [0, 0.1) is 5.41 Å². The Morgan fingerprint density at radius 2 is 2.38 bits per heavy atom. The zero-order chi connectivity index (χ0) is 9.73. The van der Waals surface area contributed by atoms with Gasteiger partial charge in [-0.1, -0.05) is 13.8 Å². The van der Waals surface area contributed by atoms with Crippen molar-refractivity contribution in [3.8, 4) is 0 Å². The molecule has 0 aromatic carbocycles. The second-order valence-corrected chi connectivity index (χ2v) is 4.86. The number of halogens is 1. The van der Waals surface area contributed by atoms with Crippen LogP contribution in [0.15, 0.2) is 6.33 Å². The van der Waals surface area contributed by atoms with Gasteiger partial charge in [0.05, 0.1) is 0 Å². The minimum Gasteiger partial charge on any atom is -0.360 e. The van der Waals surface area contributed by atoms with Crippen molar-refractivity contribution >= 4 is 28.3 Å². The van der Waals surface area contributed by atoms with E-state index in [0.717, 1.165) is 18.1 Å². The van der Waals surface area contributed by atoms with Gasteiger partial charge < -0.3 is 5.32 Å². The third kappa shape index (κ3) is 3.91. The fourth-order valence-electron chi connectivity index (χ4n) is 0.910. The number of hydrogen-bond acceptors (Lipinski definition) is 4. The first kappa shape index (κ1) is 10.7. The number of aromatic nitrogens is 2. The number of alkyl halides is 1. The van der Waals surface area contributed by atoms with Gasteiger partial charge in [0, 0.05) is 24.0 Å². The lowest BCUT2D eigenvalue weighted by molar-refractivity contribution is 0.379. The number of nitrogens with zero attached hydrogens (tertiary/aromatic N) is 2. The first-order chi connectivity index (χ1) is 6.14. The highest BCUT2D eigenvalue weighted by atomic mass is 35.5. The third-order valence-corrected chi connectivity index (χ3v) is 2.66. The van der Waals surface area contributed by atoms with E-state index in [9.17, 15) is 0 Å². The fraction of sp³-hybridized carbons (Fsp3) is 0.750. The maximum Gasteiger partial charge on any atom is 0.202 e. The van der Waals surface area contributed by atoms with Crippen LogP contribution in [0.1, 0.15) is 20.3 Å². The van der Waals surface area contributed by atoms with Crippen molar-refractivity contribution in [3.05, 3.63) is 6.33 Å². The van der Waals surface area contributed by atoms with Gasteiger partial charge in [0.2, 0.25) is 5.13 Å². The van der Waals surface area contributed by atoms with Gasteiger partial charge in [0.25, 0.3) is 0 Å². The third-order valence-electron chi connectivity index (χ3n) is 1.85. The van der Waals surface area contributed by atoms with E-state index in [0.29, 0.717) is 5.88 Å². The summed E-state index contributed by atoms with van der Waals surface area (Å²) in [7, 11) is 0. The first-order valence-corrected chi connectivity index (χ1v) is 5.51. The summed E-state index contributed by atoms with van der Waals surface area (Å²) in [5, 5.41) is 4.11. The van der Waals surface area contributed by atoms with Gasteiger partial charge >= 0.3 is 0 Å². The minimum atomic E-state index is 0.216. The van der Waals surface area contributed by atoms with E-state index in [4.69, 9.17) is 11.6 Å². The topological polar surface area (TPSA) is 37.8 Å². The number of nitrogens with one attached hydrogen (secondary N) is 1. The Kier molecular flexibility index (Phi) is 3.93.